The van der Waals surface area contributed by atoms with Crippen LogP contribution in [0, 0.1) is 11.8 Å². The van der Waals surface area contributed by atoms with Gasteiger partial charge in [-0.05, 0) is 56.2 Å². The first-order valence-electron chi connectivity index (χ1n) is 8.77. The molecule has 0 fully saturated rings. The summed E-state index contributed by atoms with van der Waals surface area (Å²) < 4.78 is 5.10. The number of methoxy groups -OCH3 is 1. The number of anilines is 1. The molecule has 0 aliphatic carbocycles. The molecule has 0 saturated carbocycles. The molecular formula is C20H28N2O2. The van der Waals surface area contributed by atoms with E-state index in [2.05, 4.69) is 41.9 Å². The Morgan fingerprint density at radius 2 is 2.25 bits per heavy atom. The maximum absolute atomic E-state index is 12.2. The van der Waals surface area contributed by atoms with E-state index in [9.17, 15) is 4.79 Å². The van der Waals surface area contributed by atoms with Crippen molar-refractivity contribution in [2.75, 3.05) is 38.3 Å². The molecule has 1 aromatic rings. The van der Waals surface area contributed by atoms with Gasteiger partial charge in [0.05, 0.1) is 0 Å². The van der Waals surface area contributed by atoms with Gasteiger partial charge >= 0.3 is 0 Å². The highest BCUT2D eigenvalue weighted by Crippen LogP contribution is 2.28. The molecule has 1 aliphatic heterocycles. The summed E-state index contributed by atoms with van der Waals surface area (Å²) in [5, 5.41) is 0. The Morgan fingerprint density at radius 3 is 2.96 bits per heavy atom. The van der Waals surface area contributed by atoms with Gasteiger partial charge in [0.15, 0.2) is 0 Å². The number of aryl methyl sites for hydroxylation is 1. The third kappa shape index (κ3) is 4.75. The van der Waals surface area contributed by atoms with Crippen LogP contribution in [0.15, 0.2) is 18.2 Å². The van der Waals surface area contributed by atoms with Crippen LogP contribution < -0.4 is 4.90 Å². The zero-order chi connectivity index (χ0) is 17.4. The van der Waals surface area contributed by atoms with Crippen LogP contribution in [0.2, 0.25) is 0 Å². The molecule has 4 nitrogen and oxygen atoms in total. The number of carbonyl (C=O) groups excluding carboxylic acids is 1. The maximum atomic E-state index is 12.2. The normalized spacial score (nSPS) is 13.0. The molecule has 0 bridgehead atoms. The number of ether oxygens (including phenoxy) is 1. The summed E-state index contributed by atoms with van der Waals surface area (Å²) in [4.78, 5) is 16.5. The topological polar surface area (TPSA) is 32.8 Å². The van der Waals surface area contributed by atoms with Crippen LogP contribution >= 0.6 is 0 Å². The minimum absolute atomic E-state index is 0.110. The highest BCUT2D eigenvalue weighted by atomic mass is 16.5. The molecule has 0 radical (unpaired) electrons. The van der Waals surface area contributed by atoms with Crippen LogP contribution in [0.3, 0.4) is 0 Å². The molecule has 1 amide bonds. The van der Waals surface area contributed by atoms with Gasteiger partial charge in [-0.2, -0.15) is 0 Å². The highest BCUT2D eigenvalue weighted by Gasteiger charge is 2.17. The van der Waals surface area contributed by atoms with Crippen molar-refractivity contribution < 1.29 is 9.53 Å². The zero-order valence-electron chi connectivity index (χ0n) is 15.1. The van der Waals surface area contributed by atoms with Crippen molar-refractivity contribution >= 4 is 11.6 Å². The molecule has 0 unspecified atom stereocenters. The van der Waals surface area contributed by atoms with Crippen LogP contribution in [-0.4, -0.2) is 44.2 Å². The number of carbonyl (C=O) groups is 1. The summed E-state index contributed by atoms with van der Waals surface area (Å²) in [5.74, 6) is 5.26. The van der Waals surface area contributed by atoms with Gasteiger partial charge in [-0.15, -0.1) is 0 Å². The average Bonchev–Trinajstić information content (AvgIpc) is 2.60. The Balaban J connectivity index is 2.13. The third-order valence-corrected chi connectivity index (χ3v) is 4.41. The number of benzene rings is 1. The first-order chi connectivity index (χ1) is 11.7. The van der Waals surface area contributed by atoms with Crippen molar-refractivity contribution in [2.24, 2.45) is 0 Å². The van der Waals surface area contributed by atoms with Crippen LogP contribution in [0.25, 0.3) is 0 Å². The number of hydrogen-bond acceptors (Lipinski definition) is 3. The van der Waals surface area contributed by atoms with Crippen molar-refractivity contribution in [1.82, 2.24) is 4.90 Å². The standard InChI is InChI=1S/C20H28N2O2/c1-4-8-20(23)22(13-7-14-24-3)16-17-10-11-19-18(15-17)9-6-12-21(19)5-2/h10-11,15H,5-7,9,12-14,16H2,1-3H3. The molecule has 1 aromatic carbocycles. The van der Waals surface area contributed by atoms with Gasteiger partial charge in [0, 0.05) is 45.6 Å². The summed E-state index contributed by atoms with van der Waals surface area (Å²) in [6, 6.07) is 6.60. The Bertz CT molecular complexity index is 616. The second-order valence-electron chi connectivity index (χ2n) is 6.09. The van der Waals surface area contributed by atoms with Gasteiger partial charge < -0.3 is 14.5 Å². The van der Waals surface area contributed by atoms with Gasteiger partial charge in [-0.1, -0.05) is 18.1 Å². The quantitative estimate of drug-likeness (QED) is 0.570. The minimum atomic E-state index is -0.110. The summed E-state index contributed by atoms with van der Waals surface area (Å²) in [7, 11) is 1.68. The van der Waals surface area contributed by atoms with Gasteiger partial charge in [0.2, 0.25) is 0 Å². The minimum Gasteiger partial charge on any atom is -0.385 e. The smallest absolute Gasteiger partial charge is 0.298 e. The van der Waals surface area contributed by atoms with Crippen LogP contribution in [-0.2, 0) is 22.5 Å². The van der Waals surface area contributed by atoms with Gasteiger partial charge in [-0.3, -0.25) is 4.79 Å². The average molecular weight is 328 g/mol. The summed E-state index contributed by atoms with van der Waals surface area (Å²) >= 11 is 0. The summed E-state index contributed by atoms with van der Waals surface area (Å²) in [6.45, 7) is 8.00. The first kappa shape index (κ1) is 18.4. The predicted molar refractivity (Wildman–Crippen MR) is 98.0 cm³/mol. The van der Waals surface area contributed by atoms with Gasteiger partial charge in [0.1, 0.15) is 0 Å². The summed E-state index contributed by atoms with van der Waals surface area (Å²) in [6.07, 6.45) is 3.14. The van der Waals surface area contributed by atoms with Crippen LogP contribution in [0.5, 0.6) is 0 Å². The van der Waals surface area contributed by atoms with Crippen LogP contribution in [0.1, 0.15) is 37.8 Å². The van der Waals surface area contributed by atoms with Crippen molar-refractivity contribution in [3.63, 3.8) is 0 Å². The van der Waals surface area contributed by atoms with E-state index in [1.54, 1.807) is 14.0 Å². The number of nitrogens with zero attached hydrogens (tertiary/aromatic N) is 2. The SMILES string of the molecule is CC#CC(=O)N(CCCOC)Cc1ccc2c(c1)CCCN2CC. The predicted octanol–water partition coefficient (Wildman–Crippen LogP) is 2.85. The maximum Gasteiger partial charge on any atom is 0.298 e. The molecule has 0 saturated heterocycles. The van der Waals surface area contributed by atoms with Crippen molar-refractivity contribution in [2.45, 2.75) is 39.7 Å². The molecule has 130 valence electrons. The molecule has 0 atom stereocenters. The number of rotatable bonds is 7. The molecule has 0 spiro atoms. The number of amides is 1. The number of fused-ring (bicyclic) bond motifs is 1. The monoisotopic (exact) mass is 328 g/mol. The third-order valence-electron chi connectivity index (χ3n) is 4.41. The fourth-order valence-corrected chi connectivity index (χ4v) is 3.21. The lowest BCUT2D eigenvalue weighted by atomic mass is 9.99. The molecule has 24 heavy (non-hydrogen) atoms. The van der Waals surface area contributed by atoms with E-state index in [1.807, 2.05) is 4.90 Å². The molecule has 0 N–H and O–H groups in total. The van der Waals surface area contributed by atoms with E-state index in [0.29, 0.717) is 19.7 Å². The molecule has 1 aliphatic rings. The molecule has 0 aromatic heterocycles. The lowest BCUT2D eigenvalue weighted by Gasteiger charge is -2.31. The first-order valence-corrected chi connectivity index (χ1v) is 8.77. The second-order valence-corrected chi connectivity index (χ2v) is 6.09. The van der Waals surface area contributed by atoms with Crippen molar-refractivity contribution in [1.29, 1.82) is 0 Å². The number of hydrogen-bond donors (Lipinski definition) is 0. The lowest BCUT2D eigenvalue weighted by Crippen LogP contribution is -2.31. The molecule has 4 heteroatoms. The summed E-state index contributed by atoms with van der Waals surface area (Å²) in [5.41, 5.74) is 3.92. The largest absolute Gasteiger partial charge is 0.385 e. The van der Waals surface area contributed by atoms with Crippen LogP contribution in [0.4, 0.5) is 5.69 Å². The van der Waals surface area contributed by atoms with Gasteiger partial charge in [0.25, 0.3) is 5.91 Å². The zero-order valence-corrected chi connectivity index (χ0v) is 15.1. The Hall–Kier alpha value is -1.99. The van der Waals surface area contributed by atoms with Crippen molar-refractivity contribution in [3.8, 4) is 11.8 Å². The second kappa shape index (κ2) is 9.34. The lowest BCUT2D eigenvalue weighted by molar-refractivity contribution is -0.125. The molecule has 2 rings (SSSR count). The van der Waals surface area contributed by atoms with E-state index in [4.69, 9.17) is 4.74 Å². The Labute approximate surface area is 145 Å². The highest BCUT2D eigenvalue weighted by molar-refractivity contribution is 5.93. The van der Waals surface area contributed by atoms with E-state index in [-0.39, 0.29) is 5.91 Å². The van der Waals surface area contributed by atoms with Gasteiger partial charge in [-0.25, -0.2) is 0 Å². The van der Waals surface area contributed by atoms with E-state index < -0.39 is 0 Å². The molecular weight excluding hydrogens is 300 g/mol. The van der Waals surface area contributed by atoms with E-state index in [1.165, 1.54) is 23.2 Å². The van der Waals surface area contributed by atoms with E-state index in [0.717, 1.165) is 25.9 Å². The Kier molecular flexibility index (Phi) is 7.14. The fourth-order valence-electron chi connectivity index (χ4n) is 3.21. The molecule has 1 heterocycles. The van der Waals surface area contributed by atoms with E-state index >= 15 is 0 Å². The Morgan fingerprint density at radius 1 is 1.42 bits per heavy atom. The fraction of sp³-hybridized carbons (Fsp3) is 0.550. The van der Waals surface area contributed by atoms with Crippen molar-refractivity contribution in [3.05, 3.63) is 29.3 Å².